The van der Waals surface area contributed by atoms with E-state index >= 15 is 0 Å². The molecular weight excluding hydrogens is 432 g/mol. The number of aliphatic hydroxyl groups is 4. The van der Waals surface area contributed by atoms with E-state index in [9.17, 15) is 26.6 Å². The van der Waals surface area contributed by atoms with Crippen molar-refractivity contribution in [1.82, 2.24) is 0 Å². The Morgan fingerprint density at radius 2 is 1.65 bits per heavy atom. The van der Waals surface area contributed by atoms with Gasteiger partial charge in [0.25, 0.3) is 0 Å². The van der Waals surface area contributed by atoms with Gasteiger partial charge in [-0.05, 0) is 90.8 Å². The molecular formula is C28H48O6. The van der Waals surface area contributed by atoms with Crippen LogP contribution in [-0.2, 0) is 9.53 Å². The topological polar surface area (TPSA) is 107 Å². The lowest BCUT2D eigenvalue weighted by molar-refractivity contribution is -0.162. The Bertz CT molecular complexity index is 987. The van der Waals surface area contributed by atoms with E-state index in [1.54, 1.807) is 20.8 Å². The van der Waals surface area contributed by atoms with Crippen LogP contribution < -0.4 is 0 Å². The van der Waals surface area contributed by atoms with Crippen molar-refractivity contribution in [3.8, 4) is 0 Å². The Kier molecular flexibility index (Phi) is 5.58. The van der Waals surface area contributed by atoms with Gasteiger partial charge in [0.15, 0.2) is 0 Å². The zero-order valence-electron chi connectivity index (χ0n) is 26.6. The molecule has 4 rings (SSSR count). The average Bonchev–Trinajstić information content (AvgIpc) is 3.12. The molecule has 1 aliphatic heterocycles. The molecule has 0 aromatic heterocycles. The molecule has 3 saturated carbocycles. The zero-order chi connectivity index (χ0) is 29.8. The monoisotopic (exact) mass is 485 g/mol. The number of rotatable bonds is 5. The Morgan fingerprint density at radius 1 is 1.00 bits per heavy atom. The number of cyclic esters (lactones) is 1. The first-order chi connectivity index (χ1) is 17.5. The number of fused-ring (bicyclic) bond motifs is 5. The summed E-state index contributed by atoms with van der Waals surface area (Å²) in [5.41, 5.74) is -1.61. The standard InChI is InChI=1S/C28H48O6/c1-14(2)15(3)24(31)25(32)16(4)18-7-8-19-17-13-34-26(33)21-11-22(29)23(30)12-28(21,6)20(17)9-10-27(18,19)5/h14-25,29-32H,7-13H2,1-6H3/t15-,16-,17-,18+,19-,20-,21+,22-,23+,24+,25+,27+,28+/m0/s1/i21D,22D,23D,24D,25D. The van der Waals surface area contributed by atoms with Gasteiger partial charge in [-0.15, -0.1) is 0 Å². The normalized spacial score (nSPS) is 58.6. The lowest BCUT2D eigenvalue weighted by Gasteiger charge is -2.56. The van der Waals surface area contributed by atoms with Crippen molar-refractivity contribution >= 4 is 5.97 Å². The molecule has 6 nitrogen and oxygen atoms in total. The smallest absolute Gasteiger partial charge is 0.309 e. The highest BCUT2D eigenvalue weighted by Gasteiger charge is 2.63. The van der Waals surface area contributed by atoms with Gasteiger partial charge in [-0.25, -0.2) is 0 Å². The highest BCUT2D eigenvalue weighted by molar-refractivity contribution is 5.74. The summed E-state index contributed by atoms with van der Waals surface area (Å²) < 4.78 is 48.9. The molecule has 0 bridgehead atoms. The summed E-state index contributed by atoms with van der Waals surface area (Å²) in [6.45, 7) is 11.0. The summed E-state index contributed by atoms with van der Waals surface area (Å²) in [6, 6.07) is 0. The lowest BCUT2D eigenvalue weighted by atomic mass is 9.48. The van der Waals surface area contributed by atoms with Crippen molar-refractivity contribution in [2.45, 2.75) is 104 Å². The van der Waals surface area contributed by atoms with E-state index in [2.05, 4.69) is 6.92 Å². The van der Waals surface area contributed by atoms with Crippen LogP contribution in [0.15, 0.2) is 0 Å². The van der Waals surface area contributed by atoms with Gasteiger partial charge in [0.2, 0.25) is 0 Å². The first kappa shape index (κ1) is 20.4. The second-order valence-electron chi connectivity index (χ2n) is 12.4. The number of ether oxygens (including phenoxy) is 1. The van der Waals surface area contributed by atoms with Crippen molar-refractivity contribution in [2.24, 2.45) is 58.1 Å². The van der Waals surface area contributed by atoms with Crippen molar-refractivity contribution < 1.29 is 36.8 Å². The summed E-state index contributed by atoms with van der Waals surface area (Å²) >= 11 is 0. The molecule has 6 heteroatoms. The Labute approximate surface area is 212 Å². The SMILES string of the molecule is [2H][C@]1(O)C[C@]2([2H])C(=O)OC[C@H]3[C@@H]4CC[C@H]([C@H](C)[C@@]([2H])(O)[C@]([2H])(O)[C@@H](C)C(C)C)[C@@]4(C)CC[C@@H]3[C@@]2(C)C[C@@]1([2H])O. The van der Waals surface area contributed by atoms with E-state index in [0.717, 1.165) is 0 Å². The molecule has 1 heterocycles. The number of hydrogen-bond donors (Lipinski definition) is 4. The van der Waals surface area contributed by atoms with Crippen molar-refractivity contribution in [1.29, 1.82) is 0 Å². The number of hydrogen-bond acceptors (Lipinski definition) is 6. The van der Waals surface area contributed by atoms with Gasteiger partial charge in [-0.3, -0.25) is 4.79 Å². The molecule has 0 aromatic carbocycles. The fraction of sp³-hybridized carbons (Fsp3) is 0.964. The maximum atomic E-state index is 13.3. The molecule has 0 aromatic rings. The van der Waals surface area contributed by atoms with Gasteiger partial charge in [-0.2, -0.15) is 0 Å². The summed E-state index contributed by atoms with van der Waals surface area (Å²) in [5, 5.41) is 43.8. The number of esters is 1. The van der Waals surface area contributed by atoms with E-state index < -0.39 is 71.7 Å². The highest BCUT2D eigenvalue weighted by atomic mass is 16.5. The predicted octanol–water partition coefficient (Wildman–Crippen LogP) is 3.39. The van der Waals surface area contributed by atoms with Crippen LogP contribution >= 0.6 is 0 Å². The minimum atomic E-state index is -2.69. The summed E-state index contributed by atoms with van der Waals surface area (Å²) in [7, 11) is 0. The van der Waals surface area contributed by atoms with Crippen molar-refractivity contribution in [2.75, 3.05) is 6.61 Å². The van der Waals surface area contributed by atoms with E-state index in [4.69, 9.17) is 10.2 Å². The Hall–Kier alpha value is -0.690. The fourth-order valence-electron chi connectivity index (χ4n) is 8.09. The van der Waals surface area contributed by atoms with Crippen LogP contribution in [0.3, 0.4) is 0 Å². The van der Waals surface area contributed by atoms with Gasteiger partial charge in [0, 0.05) is 1.37 Å². The summed E-state index contributed by atoms with van der Waals surface area (Å²) in [6.07, 6.45) is -8.61. The number of carbonyl (C=O) groups is 1. The van der Waals surface area contributed by atoms with Crippen LogP contribution in [0, 0.1) is 58.1 Å². The minimum Gasteiger partial charge on any atom is -0.465 e. The minimum absolute atomic E-state index is 0.0107. The third-order valence-electron chi connectivity index (χ3n) is 10.6. The molecule has 0 radical (unpaired) electrons. The maximum absolute atomic E-state index is 13.3. The van der Waals surface area contributed by atoms with Gasteiger partial charge in [-0.1, -0.05) is 41.5 Å². The Balaban J connectivity index is 1.69. The molecule has 13 atom stereocenters. The number of carbonyl (C=O) groups excluding carboxylic acids is 1. The van der Waals surface area contributed by atoms with Crippen molar-refractivity contribution in [3.05, 3.63) is 0 Å². The first-order valence-electron chi connectivity index (χ1n) is 15.6. The molecule has 196 valence electrons. The molecule has 0 unspecified atom stereocenters. The maximum Gasteiger partial charge on any atom is 0.309 e. The molecule has 1 saturated heterocycles. The van der Waals surface area contributed by atoms with Gasteiger partial charge < -0.3 is 25.2 Å². The van der Waals surface area contributed by atoms with Crippen LogP contribution in [0.2, 0.25) is 0 Å². The van der Waals surface area contributed by atoms with Gasteiger partial charge in [0.1, 0.15) is 0 Å². The van der Waals surface area contributed by atoms with Crippen LogP contribution in [-0.4, -0.2) is 57.3 Å². The molecule has 0 amide bonds. The quantitative estimate of drug-likeness (QED) is 0.445. The zero-order valence-corrected chi connectivity index (χ0v) is 21.6. The predicted molar refractivity (Wildman–Crippen MR) is 130 cm³/mol. The van der Waals surface area contributed by atoms with E-state index in [1.165, 1.54) is 0 Å². The van der Waals surface area contributed by atoms with Crippen LogP contribution in [0.1, 0.15) is 86.9 Å². The Morgan fingerprint density at radius 3 is 2.29 bits per heavy atom. The molecule has 4 N–H and O–H groups in total. The molecule has 34 heavy (non-hydrogen) atoms. The molecule has 0 spiro atoms. The van der Waals surface area contributed by atoms with Crippen LogP contribution in [0.25, 0.3) is 0 Å². The average molecular weight is 486 g/mol. The largest absolute Gasteiger partial charge is 0.465 e. The highest BCUT2D eigenvalue weighted by Crippen LogP contribution is 2.66. The molecule has 4 aliphatic rings. The molecule has 4 fully saturated rings. The molecule has 3 aliphatic carbocycles. The van der Waals surface area contributed by atoms with E-state index in [-0.39, 0.29) is 36.2 Å². The van der Waals surface area contributed by atoms with E-state index in [0.29, 0.717) is 25.7 Å². The van der Waals surface area contributed by atoms with Gasteiger partial charge >= 0.3 is 5.97 Å². The van der Waals surface area contributed by atoms with Gasteiger partial charge in [0.05, 0.1) is 42.3 Å². The van der Waals surface area contributed by atoms with E-state index in [1.807, 2.05) is 13.8 Å². The third-order valence-corrected chi connectivity index (χ3v) is 10.6. The van der Waals surface area contributed by atoms with Crippen LogP contribution in [0.5, 0.6) is 0 Å². The fourth-order valence-corrected chi connectivity index (χ4v) is 8.09. The summed E-state index contributed by atoms with van der Waals surface area (Å²) in [5.74, 6) is -5.01. The first-order valence-corrected chi connectivity index (χ1v) is 13.1. The lowest BCUT2D eigenvalue weighted by Crippen LogP contribution is -2.55. The third kappa shape index (κ3) is 4.05. The van der Waals surface area contributed by atoms with Crippen molar-refractivity contribution in [3.63, 3.8) is 0 Å². The summed E-state index contributed by atoms with van der Waals surface area (Å²) in [4.78, 5) is 13.3. The second-order valence-corrected chi connectivity index (χ2v) is 12.4. The van der Waals surface area contributed by atoms with Crippen LogP contribution in [0.4, 0.5) is 0 Å². The second kappa shape index (κ2) is 9.32.